The Morgan fingerprint density at radius 1 is 1.25 bits per heavy atom. The summed E-state index contributed by atoms with van der Waals surface area (Å²) in [6.45, 7) is 5.43. The van der Waals surface area contributed by atoms with Crippen molar-refractivity contribution in [2.75, 3.05) is 5.75 Å². The molecule has 0 saturated carbocycles. The molecule has 0 bridgehead atoms. The van der Waals surface area contributed by atoms with Crippen LogP contribution >= 0.6 is 11.6 Å². The zero-order chi connectivity index (χ0) is 20.1. The van der Waals surface area contributed by atoms with Gasteiger partial charge in [-0.2, -0.15) is 0 Å². The molecule has 0 unspecified atom stereocenters. The molecule has 0 aromatic carbocycles. The van der Waals surface area contributed by atoms with Crippen molar-refractivity contribution < 1.29 is 22.6 Å². The molecule has 28 heavy (non-hydrogen) atoms. The number of ether oxygens (including phenoxy) is 3. The summed E-state index contributed by atoms with van der Waals surface area (Å²) in [5, 5.41) is 1.43. The predicted molar refractivity (Wildman–Crippen MR) is 101 cm³/mol. The third-order valence-electron chi connectivity index (χ3n) is 4.62. The average molecular weight is 429 g/mol. The van der Waals surface area contributed by atoms with Gasteiger partial charge in [0.1, 0.15) is 30.2 Å². The fourth-order valence-electron chi connectivity index (χ4n) is 3.55. The van der Waals surface area contributed by atoms with Gasteiger partial charge in [-0.05, 0) is 26.3 Å². The van der Waals surface area contributed by atoms with Gasteiger partial charge < -0.3 is 14.2 Å². The summed E-state index contributed by atoms with van der Waals surface area (Å²) < 4.78 is 44.0. The number of hydrogen-bond donors (Lipinski definition) is 0. The van der Waals surface area contributed by atoms with Crippen LogP contribution in [0.5, 0.6) is 0 Å². The number of imidazole rings is 1. The third-order valence-corrected chi connectivity index (χ3v) is 6.44. The third kappa shape index (κ3) is 3.55. The normalized spacial score (nSPS) is 29.7. The number of fused-ring (bicyclic) bond motifs is 2. The van der Waals surface area contributed by atoms with Crippen molar-refractivity contribution in [3.8, 4) is 0 Å². The number of aromatic nitrogens is 4. The lowest BCUT2D eigenvalue weighted by Crippen LogP contribution is -2.28. The smallest absolute Gasteiger partial charge is 0.171 e. The van der Waals surface area contributed by atoms with Crippen LogP contribution in [-0.2, 0) is 24.0 Å². The lowest BCUT2D eigenvalue weighted by atomic mass is 10.1. The van der Waals surface area contributed by atoms with Gasteiger partial charge >= 0.3 is 0 Å². The minimum atomic E-state index is -3.30. The van der Waals surface area contributed by atoms with Gasteiger partial charge in [0.2, 0.25) is 0 Å². The van der Waals surface area contributed by atoms with Crippen LogP contribution in [0.1, 0.15) is 33.4 Å². The molecular weight excluding hydrogens is 408 g/mol. The molecule has 9 nitrogen and oxygen atoms in total. The Kier molecular flexibility index (Phi) is 4.95. The van der Waals surface area contributed by atoms with E-state index in [1.807, 2.05) is 20.8 Å². The summed E-state index contributed by atoms with van der Waals surface area (Å²) >= 11 is 6.09. The first-order valence-electron chi connectivity index (χ1n) is 8.96. The fourth-order valence-corrected chi connectivity index (χ4v) is 4.82. The molecule has 0 radical (unpaired) electrons. The Morgan fingerprint density at radius 3 is 2.75 bits per heavy atom. The molecule has 4 heterocycles. The predicted octanol–water partition coefficient (Wildman–Crippen LogP) is 2.24. The van der Waals surface area contributed by atoms with Crippen molar-refractivity contribution in [2.24, 2.45) is 0 Å². The monoisotopic (exact) mass is 428 g/mol. The van der Waals surface area contributed by atoms with E-state index in [-0.39, 0.29) is 10.9 Å². The van der Waals surface area contributed by atoms with Crippen molar-refractivity contribution in [1.82, 2.24) is 19.5 Å². The number of nitrogens with zero attached hydrogens (tertiary/aromatic N) is 4. The highest BCUT2D eigenvalue weighted by Crippen LogP contribution is 2.44. The van der Waals surface area contributed by atoms with Gasteiger partial charge in [0, 0.05) is 5.41 Å². The Labute approximate surface area is 167 Å². The molecule has 2 aliphatic rings. The number of hydrogen-bond acceptors (Lipinski definition) is 8. The summed E-state index contributed by atoms with van der Waals surface area (Å²) in [7, 11) is -3.30. The molecule has 2 aromatic rings. The van der Waals surface area contributed by atoms with E-state index in [9.17, 15) is 8.42 Å². The van der Waals surface area contributed by atoms with E-state index in [1.165, 1.54) is 17.8 Å². The van der Waals surface area contributed by atoms with Crippen LogP contribution in [0.2, 0.25) is 5.15 Å². The standard InChI is InChI=1S/C17H21ClN4O5S/c1-4-6-28(23,24)7-5-10-12-13(27-17(2,3)26-12)16(25-10)22-9-21-11-14(18)19-8-20-15(11)22/h5,7-10,12-13,16H,4,6H2,1-3H3/t10-,12-,13-,16-/m1/s1. The van der Waals surface area contributed by atoms with Gasteiger partial charge in [-0.25, -0.2) is 23.4 Å². The van der Waals surface area contributed by atoms with E-state index in [1.54, 1.807) is 10.9 Å². The molecule has 2 fully saturated rings. The quantitative estimate of drug-likeness (QED) is 0.667. The largest absolute Gasteiger partial charge is 0.345 e. The van der Waals surface area contributed by atoms with E-state index in [0.717, 1.165) is 0 Å². The second kappa shape index (κ2) is 7.03. The second-order valence-corrected chi connectivity index (χ2v) is 9.60. The maximum absolute atomic E-state index is 12.1. The fraction of sp³-hybridized carbons (Fsp3) is 0.588. The molecular formula is C17H21ClN4O5S. The highest BCUT2D eigenvalue weighted by atomic mass is 35.5. The number of sulfone groups is 1. The van der Waals surface area contributed by atoms with E-state index in [0.29, 0.717) is 17.6 Å². The van der Waals surface area contributed by atoms with E-state index in [4.69, 9.17) is 25.8 Å². The van der Waals surface area contributed by atoms with Crippen LogP contribution in [0.4, 0.5) is 0 Å². The van der Waals surface area contributed by atoms with Crippen molar-refractivity contribution in [3.63, 3.8) is 0 Å². The molecule has 0 amide bonds. The summed E-state index contributed by atoms with van der Waals surface area (Å²) in [5.74, 6) is -0.743. The average Bonchev–Trinajstić information content (AvgIpc) is 3.25. The van der Waals surface area contributed by atoms with Crippen LogP contribution < -0.4 is 0 Å². The Bertz CT molecular complexity index is 1020. The number of rotatable bonds is 5. The molecule has 0 aliphatic carbocycles. The van der Waals surface area contributed by atoms with Crippen molar-refractivity contribution in [3.05, 3.63) is 29.3 Å². The Balaban J connectivity index is 1.69. The van der Waals surface area contributed by atoms with Gasteiger partial charge in [0.15, 0.2) is 32.7 Å². The maximum Gasteiger partial charge on any atom is 0.171 e. The van der Waals surface area contributed by atoms with Gasteiger partial charge in [-0.15, -0.1) is 0 Å². The van der Waals surface area contributed by atoms with Gasteiger partial charge in [-0.1, -0.05) is 18.5 Å². The molecule has 2 saturated heterocycles. The van der Waals surface area contributed by atoms with Gasteiger partial charge in [0.25, 0.3) is 0 Å². The van der Waals surface area contributed by atoms with Crippen LogP contribution in [0.15, 0.2) is 24.1 Å². The van der Waals surface area contributed by atoms with Crippen molar-refractivity contribution in [2.45, 2.75) is 57.5 Å². The first-order chi connectivity index (χ1) is 13.2. The van der Waals surface area contributed by atoms with E-state index in [2.05, 4.69) is 15.0 Å². The van der Waals surface area contributed by atoms with Gasteiger partial charge in [-0.3, -0.25) is 4.57 Å². The molecule has 0 spiro atoms. The topological polar surface area (TPSA) is 105 Å². The van der Waals surface area contributed by atoms with Crippen LogP contribution in [0, 0.1) is 0 Å². The highest BCUT2D eigenvalue weighted by Gasteiger charge is 2.55. The second-order valence-electron chi connectivity index (χ2n) is 7.24. The minimum Gasteiger partial charge on any atom is -0.345 e. The van der Waals surface area contributed by atoms with Crippen molar-refractivity contribution in [1.29, 1.82) is 0 Å². The summed E-state index contributed by atoms with van der Waals surface area (Å²) in [5.41, 5.74) is 0.951. The van der Waals surface area contributed by atoms with Crippen LogP contribution in [0.25, 0.3) is 11.2 Å². The molecule has 152 valence electrons. The zero-order valence-corrected chi connectivity index (χ0v) is 17.2. The molecule has 0 N–H and O–H groups in total. The maximum atomic E-state index is 12.1. The first kappa shape index (κ1) is 19.7. The molecule has 4 rings (SSSR count). The van der Waals surface area contributed by atoms with E-state index < -0.39 is 40.2 Å². The summed E-state index contributed by atoms with van der Waals surface area (Å²) in [4.78, 5) is 12.4. The summed E-state index contributed by atoms with van der Waals surface area (Å²) in [6, 6.07) is 0. The SMILES string of the molecule is CCCS(=O)(=O)C=C[C@H]1O[C@@H](n2cnc3c(Cl)ncnc32)[C@@H]2OC(C)(C)O[C@@H]21. The first-order valence-corrected chi connectivity index (χ1v) is 11.1. The lowest BCUT2D eigenvalue weighted by molar-refractivity contribution is -0.191. The highest BCUT2D eigenvalue weighted by molar-refractivity contribution is 7.94. The van der Waals surface area contributed by atoms with Crippen LogP contribution in [-0.4, -0.2) is 57.8 Å². The van der Waals surface area contributed by atoms with E-state index >= 15 is 0 Å². The van der Waals surface area contributed by atoms with Crippen molar-refractivity contribution >= 4 is 32.6 Å². The summed E-state index contributed by atoms with van der Waals surface area (Å²) in [6.07, 6.45) is 2.83. The number of halogens is 1. The van der Waals surface area contributed by atoms with Crippen LogP contribution in [0.3, 0.4) is 0 Å². The van der Waals surface area contributed by atoms with Gasteiger partial charge in [0.05, 0.1) is 12.1 Å². The Hall–Kier alpha value is -1.59. The molecule has 11 heteroatoms. The lowest BCUT2D eigenvalue weighted by Gasteiger charge is -2.23. The zero-order valence-electron chi connectivity index (χ0n) is 15.6. The minimum absolute atomic E-state index is 0.0815. The molecule has 2 aliphatic heterocycles. The molecule has 2 aromatic heterocycles. The molecule has 4 atom stereocenters. The Morgan fingerprint density at radius 2 is 2.00 bits per heavy atom.